The summed E-state index contributed by atoms with van der Waals surface area (Å²) in [4.78, 5) is 25.0. The van der Waals surface area contributed by atoms with E-state index in [1.54, 1.807) is 17.4 Å². The van der Waals surface area contributed by atoms with Gasteiger partial charge in [0.1, 0.15) is 17.3 Å². The van der Waals surface area contributed by atoms with Crippen molar-refractivity contribution in [2.75, 3.05) is 13.7 Å². The number of benzene rings is 2. The number of nitrogens with two attached hydrogens (primary N) is 1. The van der Waals surface area contributed by atoms with E-state index in [-0.39, 0.29) is 11.5 Å². The maximum absolute atomic E-state index is 13.3. The Hall–Kier alpha value is -3.66. The summed E-state index contributed by atoms with van der Waals surface area (Å²) in [5.41, 5.74) is 6.80. The largest absolute Gasteiger partial charge is 0.497 e. The Morgan fingerprint density at radius 1 is 1.14 bits per heavy atom. The second-order valence-corrected chi connectivity index (χ2v) is 10.2. The molecule has 36 heavy (non-hydrogen) atoms. The minimum absolute atomic E-state index is 0.132. The van der Waals surface area contributed by atoms with Crippen molar-refractivity contribution >= 4 is 51.9 Å². The van der Waals surface area contributed by atoms with E-state index in [2.05, 4.69) is 15.3 Å². The van der Waals surface area contributed by atoms with Gasteiger partial charge in [-0.15, -0.1) is 11.3 Å². The highest BCUT2D eigenvalue weighted by molar-refractivity contribution is 8.04. The normalized spacial score (nSPS) is 18.8. The molecule has 7 nitrogen and oxygen atoms in total. The number of rotatable bonds is 7. The highest BCUT2D eigenvalue weighted by Crippen LogP contribution is 2.45. The first-order valence-corrected chi connectivity index (χ1v) is 13.0. The summed E-state index contributed by atoms with van der Waals surface area (Å²) < 4.78 is 5.39. The first-order chi connectivity index (χ1) is 17.5. The molecule has 1 aliphatic heterocycles. The highest BCUT2D eigenvalue weighted by atomic mass is 32.2. The third-order valence-electron chi connectivity index (χ3n) is 5.84. The highest BCUT2D eigenvalue weighted by Gasteiger charge is 2.50. The van der Waals surface area contributed by atoms with E-state index in [9.17, 15) is 9.90 Å². The molecule has 4 N–H and O–H groups in total. The summed E-state index contributed by atoms with van der Waals surface area (Å²) in [7, 11) is 1.43. The molecule has 1 aromatic heterocycles. The number of thiophene rings is 1. The van der Waals surface area contributed by atoms with Gasteiger partial charge < -0.3 is 20.9 Å². The van der Waals surface area contributed by atoms with Gasteiger partial charge >= 0.3 is 0 Å². The van der Waals surface area contributed by atoms with Gasteiger partial charge in [-0.25, -0.2) is 9.98 Å². The van der Waals surface area contributed by atoms with Gasteiger partial charge in [0.15, 0.2) is 0 Å². The molecule has 0 saturated carbocycles. The minimum atomic E-state index is -2.02. The predicted molar refractivity (Wildman–Crippen MR) is 145 cm³/mol. The topological polar surface area (TPSA) is 109 Å². The zero-order chi connectivity index (χ0) is 25.1. The number of hydrogen-bond acceptors (Lipinski definition) is 7. The van der Waals surface area contributed by atoms with Gasteiger partial charge in [-0.2, -0.15) is 0 Å². The molecule has 0 bridgehead atoms. The fourth-order valence-electron chi connectivity index (χ4n) is 3.98. The molecule has 9 heteroatoms. The monoisotopic (exact) mass is 516 g/mol. The predicted octanol–water partition coefficient (Wildman–Crippen LogP) is 4.48. The molecule has 3 aromatic rings. The zero-order valence-electron chi connectivity index (χ0n) is 19.5. The number of aliphatic imine (C=N–C) groups is 2. The standard InChI is InChI=1S/C27H24N4O3S2/c1-34-23-13-12-21-24(31-19-5-2-3-6-20(19)36-21)27(23,33)26(32)29-15-14-17-8-10-18(11-9-17)30-25(28)22-7-4-16-35-22/h2-13,16,33H,14-15H2,1H3,(H2,28,30)(H,29,32). The number of fused-ring (bicyclic) bond motifs is 2. The lowest BCUT2D eigenvalue weighted by atomic mass is 9.89. The number of aliphatic hydroxyl groups is 1. The zero-order valence-corrected chi connectivity index (χ0v) is 21.1. The Labute approximate surface area is 217 Å². The summed E-state index contributed by atoms with van der Waals surface area (Å²) in [6.45, 7) is 0.328. The number of carbonyl (C=O) groups is 1. The quantitative estimate of drug-likeness (QED) is 0.317. The Morgan fingerprint density at radius 3 is 2.69 bits per heavy atom. The molecule has 0 saturated heterocycles. The van der Waals surface area contributed by atoms with Crippen molar-refractivity contribution < 1.29 is 14.6 Å². The van der Waals surface area contributed by atoms with Crippen LogP contribution in [-0.2, 0) is 16.0 Å². The number of nitrogens with zero attached hydrogens (tertiary/aromatic N) is 2. The number of nitrogens with one attached hydrogen (secondary N) is 1. The minimum Gasteiger partial charge on any atom is -0.497 e. The molecule has 1 atom stereocenters. The fraction of sp³-hybridized carbons (Fsp3) is 0.148. The van der Waals surface area contributed by atoms with E-state index in [4.69, 9.17) is 10.5 Å². The molecular formula is C27H24N4O3S2. The van der Waals surface area contributed by atoms with Gasteiger partial charge in [0.25, 0.3) is 5.91 Å². The van der Waals surface area contributed by atoms with E-state index in [0.29, 0.717) is 29.4 Å². The number of carbonyl (C=O) groups excluding carboxylic acids is 1. The van der Waals surface area contributed by atoms with E-state index < -0.39 is 11.5 Å². The van der Waals surface area contributed by atoms with Crippen LogP contribution in [0.1, 0.15) is 10.4 Å². The van der Waals surface area contributed by atoms with Gasteiger partial charge in [-0.3, -0.25) is 4.79 Å². The molecule has 0 radical (unpaired) electrons. The van der Waals surface area contributed by atoms with Crippen molar-refractivity contribution in [2.45, 2.75) is 16.9 Å². The Balaban J connectivity index is 1.27. The molecule has 1 amide bonds. The Kier molecular flexibility index (Phi) is 6.77. The Bertz CT molecular complexity index is 1410. The average Bonchev–Trinajstić information content (AvgIpc) is 3.44. The lowest BCUT2D eigenvalue weighted by molar-refractivity contribution is -0.133. The molecule has 1 aliphatic carbocycles. The third-order valence-corrected chi connectivity index (χ3v) is 7.85. The van der Waals surface area contributed by atoms with Crippen LogP contribution in [0.25, 0.3) is 0 Å². The van der Waals surface area contributed by atoms with Crippen LogP contribution in [0, 0.1) is 0 Å². The number of para-hydroxylation sites is 1. The molecule has 2 aliphatic rings. The second-order valence-electron chi connectivity index (χ2n) is 8.15. The van der Waals surface area contributed by atoms with Crippen LogP contribution in [0.5, 0.6) is 0 Å². The van der Waals surface area contributed by atoms with Gasteiger partial charge in [-0.05, 0) is 59.8 Å². The van der Waals surface area contributed by atoms with Crippen LogP contribution in [0.3, 0.4) is 0 Å². The number of amides is 1. The molecule has 1 unspecified atom stereocenters. The summed E-state index contributed by atoms with van der Waals surface area (Å²) in [6.07, 6.45) is 4.01. The summed E-state index contributed by atoms with van der Waals surface area (Å²) in [6, 6.07) is 19.2. The number of allylic oxidation sites excluding steroid dienone is 2. The smallest absolute Gasteiger partial charge is 0.266 e. The number of thioether (sulfide) groups is 1. The third kappa shape index (κ3) is 4.60. The maximum atomic E-state index is 13.3. The van der Waals surface area contributed by atoms with Gasteiger partial charge in [0.2, 0.25) is 5.60 Å². The van der Waals surface area contributed by atoms with Crippen LogP contribution in [-0.4, -0.2) is 41.8 Å². The van der Waals surface area contributed by atoms with Crippen molar-refractivity contribution in [3.63, 3.8) is 0 Å². The van der Waals surface area contributed by atoms with Crippen LogP contribution in [0.15, 0.2) is 104 Å². The molecule has 2 heterocycles. The van der Waals surface area contributed by atoms with E-state index in [1.807, 2.05) is 72.1 Å². The molecule has 0 spiro atoms. The van der Waals surface area contributed by atoms with Crippen molar-refractivity contribution in [3.8, 4) is 0 Å². The van der Waals surface area contributed by atoms with Crippen LogP contribution in [0.2, 0.25) is 0 Å². The number of amidine groups is 1. The van der Waals surface area contributed by atoms with Gasteiger partial charge in [0.05, 0.1) is 23.4 Å². The maximum Gasteiger partial charge on any atom is 0.266 e. The van der Waals surface area contributed by atoms with Gasteiger partial charge in [0, 0.05) is 16.3 Å². The van der Waals surface area contributed by atoms with Crippen molar-refractivity contribution in [1.82, 2.24) is 5.32 Å². The molecule has 2 aromatic carbocycles. The van der Waals surface area contributed by atoms with E-state index in [1.165, 1.54) is 18.9 Å². The molecular weight excluding hydrogens is 492 g/mol. The van der Waals surface area contributed by atoms with Crippen molar-refractivity contribution in [2.24, 2.45) is 15.7 Å². The van der Waals surface area contributed by atoms with Crippen LogP contribution < -0.4 is 11.1 Å². The SMILES string of the molecule is COC1=CC=C2Sc3ccccc3N=C2C1(O)C(=O)NCCc1ccc(N=C(N)c2cccs2)cc1. The first-order valence-electron chi connectivity index (χ1n) is 11.3. The summed E-state index contributed by atoms with van der Waals surface area (Å²) >= 11 is 3.01. The number of methoxy groups -OCH3 is 1. The number of ether oxygens (including phenoxy) is 1. The van der Waals surface area contributed by atoms with Crippen molar-refractivity contribution in [1.29, 1.82) is 0 Å². The van der Waals surface area contributed by atoms with Gasteiger partial charge in [-0.1, -0.05) is 42.1 Å². The average molecular weight is 517 g/mol. The molecule has 0 fully saturated rings. The second kappa shape index (κ2) is 10.1. The lowest BCUT2D eigenvalue weighted by Gasteiger charge is -2.34. The lowest BCUT2D eigenvalue weighted by Crippen LogP contribution is -2.56. The summed E-state index contributed by atoms with van der Waals surface area (Å²) in [5.74, 6) is 0.0328. The Morgan fingerprint density at radius 2 is 1.94 bits per heavy atom. The van der Waals surface area contributed by atoms with Crippen LogP contribution >= 0.6 is 23.1 Å². The van der Waals surface area contributed by atoms with E-state index in [0.717, 1.165) is 21.0 Å². The number of hydrogen-bond donors (Lipinski definition) is 3. The summed E-state index contributed by atoms with van der Waals surface area (Å²) in [5, 5.41) is 16.4. The molecule has 5 rings (SSSR count). The fourth-order valence-corrected chi connectivity index (χ4v) is 5.63. The van der Waals surface area contributed by atoms with E-state index >= 15 is 0 Å². The van der Waals surface area contributed by atoms with Crippen LogP contribution in [0.4, 0.5) is 11.4 Å². The molecule has 182 valence electrons. The van der Waals surface area contributed by atoms with Crippen molar-refractivity contribution in [3.05, 3.63) is 99.3 Å². The first kappa shape index (κ1) is 24.1.